The van der Waals surface area contributed by atoms with Crippen LogP contribution in [0.2, 0.25) is 0 Å². The molecule has 1 aliphatic carbocycles. The summed E-state index contributed by atoms with van der Waals surface area (Å²) in [6.45, 7) is 6.49. The largest absolute Gasteiger partial charge is 0.494 e. The monoisotopic (exact) mass is 275 g/mol. The van der Waals surface area contributed by atoms with Crippen LogP contribution >= 0.6 is 0 Å². The first-order valence-electron chi connectivity index (χ1n) is 8.11. The van der Waals surface area contributed by atoms with Crippen LogP contribution in [-0.4, -0.2) is 19.2 Å². The van der Waals surface area contributed by atoms with Gasteiger partial charge in [0, 0.05) is 12.6 Å². The van der Waals surface area contributed by atoms with Crippen molar-refractivity contribution in [3.63, 3.8) is 0 Å². The molecule has 0 aromatic heterocycles. The molecule has 0 unspecified atom stereocenters. The molecule has 1 N–H and O–H groups in total. The van der Waals surface area contributed by atoms with Gasteiger partial charge >= 0.3 is 0 Å². The highest BCUT2D eigenvalue weighted by Gasteiger charge is 2.32. The molecule has 0 saturated heterocycles. The first kappa shape index (κ1) is 15.4. The fourth-order valence-electron chi connectivity index (χ4n) is 3.21. The summed E-state index contributed by atoms with van der Waals surface area (Å²) in [6, 6.07) is 10.7. The third kappa shape index (κ3) is 4.82. The average Bonchev–Trinajstić information content (AvgIpc) is 2.92. The van der Waals surface area contributed by atoms with Crippen LogP contribution < -0.4 is 10.1 Å². The van der Waals surface area contributed by atoms with Crippen LogP contribution in [0.4, 0.5) is 0 Å². The van der Waals surface area contributed by atoms with Crippen LogP contribution in [0.25, 0.3) is 0 Å². The third-order valence-electron chi connectivity index (χ3n) is 4.41. The lowest BCUT2D eigenvalue weighted by Gasteiger charge is -2.30. The van der Waals surface area contributed by atoms with Crippen LogP contribution in [-0.2, 0) is 0 Å². The molecule has 0 bridgehead atoms. The van der Waals surface area contributed by atoms with E-state index in [0.29, 0.717) is 11.5 Å². The van der Waals surface area contributed by atoms with E-state index in [9.17, 15) is 0 Å². The van der Waals surface area contributed by atoms with Gasteiger partial charge in [-0.3, -0.25) is 0 Å². The van der Waals surface area contributed by atoms with Crippen molar-refractivity contribution in [1.82, 2.24) is 5.32 Å². The molecular weight excluding hydrogens is 246 g/mol. The summed E-state index contributed by atoms with van der Waals surface area (Å²) in [7, 11) is 0. The predicted octanol–water partition coefficient (Wildman–Crippen LogP) is 4.40. The zero-order valence-electron chi connectivity index (χ0n) is 13.0. The van der Waals surface area contributed by atoms with Crippen molar-refractivity contribution >= 4 is 0 Å². The molecule has 0 atom stereocenters. The molecular formula is C18H29NO. The molecule has 0 radical (unpaired) electrons. The van der Waals surface area contributed by atoms with Crippen LogP contribution in [0.3, 0.4) is 0 Å². The number of para-hydroxylation sites is 1. The normalized spacial score (nSPS) is 17.6. The van der Waals surface area contributed by atoms with Crippen molar-refractivity contribution in [2.75, 3.05) is 13.2 Å². The van der Waals surface area contributed by atoms with Gasteiger partial charge in [0.1, 0.15) is 5.75 Å². The van der Waals surface area contributed by atoms with E-state index in [1.165, 1.54) is 38.6 Å². The number of nitrogens with one attached hydrogen (secondary N) is 1. The molecule has 0 amide bonds. The van der Waals surface area contributed by atoms with Crippen LogP contribution in [0.1, 0.15) is 52.4 Å². The Morgan fingerprint density at radius 2 is 1.85 bits per heavy atom. The van der Waals surface area contributed by atoms with Gasteiger partial charge in [-0.05, 0) is 43.2 Å². The van der Waals surface area contributed by atoms with Gasteiger partial charge in [0.2, 0.25) is 0 Å². The number of hydrogen-bond donors (Lipinski definition) is 1. The zero-order valence-corrected chi connectivity index (χ0v) is 13.0. The maximum Gasteiger partial charge on any atom is 0.119 e. The second-order valence-electron chi connectivity index (χ2n) is 6.51. The highest BCUT2D eigenvalue weighted by Crippen LogP contribution is 2.41. The van der Waals surface area contributed by atoms with Crippen molar-refractivity contribution in [2.45, 2.75) is 58.4 Å². The van der Waals surface area contributed by atoms with Crippen LogP contribution in [0, 0.1) is 5.41 Å². The number of hydrogen-bond acceptors (Lipinski definition) is 2. The van der Waals surface area contributed by atoms with Gasteiger partial charge in [-0.2, -0.15) is 0 Å². The lowest BCUT2D eigenvalue weighted by Crippen LogP contribution is -2.36. The lowest BCUT2D eigenvalue weighted by molar-refractivity contribution is 0.214. The Bertz CT molecular complexity index is 368. The molecule has 1 aromatic carbocycles. The van der Waals surface area contributed by atoms with Gasteiger partial charge in [0.15, 0.2) is 0 Å². The van der Waals surface area contributed by atoms with Gasteiger partial charge in [-0.1, -0.05) is 44.9 Å². The third-order valence-corrected chi connectivity index (χ3v) is 4.41. The van der Waals surface area contributed by atoms with E-state index in [1.807, 2.05) is 30.3 Å². The first-order valence-corrected chi connectivity index (χ1v) is 8.11. The number of benzene rings is 1. The molecule has 1 aliphatic rings. The topological polar surface area (TPSA) is 21.3 Å². The highest BCUT2D eigenvalue weighted by molar-refractivity contribution is 5.20. The minimum absolute atomic E-state index is 0.532. The molecule has 20 heavy (non-hydrogen) atoms. The van der Waals surface area contributed by atoms with E-state index in [2.05, 4.69) is 19.2 Å². The minimum Gasteiger partial charge on any atom is -0.494 e. The summed E-state index contributed by atoms with van der Waals surface area (Å²) in [5.41, 5.74) is 0.532. The highest BCUT2D eigenvalue weighted by atomic mass is 16.5. The second-order valence-corrected chi connectivity index (χ2v) is 6.51. The summed E-state index contributed by atoms with van der Waals surface area (Å²) in [5, 5.41) is 3.65. The van der Waals surface area contributed by atoms with Crippen LogP contribution in [0.15, 0.2) is 30.3 Å². The van der Waals surface area contributed by atoms with Crippen LogP contribution in [0.5, 0.6) is 5.75 Å². The summed E-state index contributed by atoms with van der Waals surface area (Å²) in [4.78, 5) is 0. The second kappa shape index (κ2) is 7.68. The van der Waals surface area contributed by atoms with Gasteiger partial charge in [0.05, 0.1) is 6.61 Å². The Balaban J connectivity index is 1.72. The molecule has 112 valence electrons. The van der Waals surface area contributed by atoms with Gasteiger partial charge in [-0.25, -0.2) is 0 Å². The molecule has 0 heterocycles. The van der Waals surface area contributed by atoms with E-state index in [0.717, 1.165) is 18.8 Å². The van der Waals surface area contributed by atoms with Crippen molar-refractivity contribution in [1.29, 1.82) is 0 Å². The quantitative estimate of drug-likeness (QED) is 0.710. The molecule has 0 spiro atoms. The van der Waals surface area contributed by atoms with E-state index in [1.54, 1.807) is 0 Å². The van der Waals surface area contributed by atoms with E-state index in [4.69, 9.17) is 4.74 Å². The summed E-state index contributed by atoms with van der Waals surface area (Å²) in [5.74, 6) is 0.994. The van der Waals surface area contributed by atoms with Gasteiger partial charge < -0.3 is 10.1 Å². The maximum atomic E-state index is 5.82. The van der Waals surface area contributed by atoms with Crippen molar-refractivity contribution in [3.8, 4) is 5.75 Å². The first-order chi connectivity index (χ1) is 9.70. The molecule has 2 rings (SSSR count). The standard InChI is InChI=1S/C18H29NO/c1-16(2)19-15-18(11-6-7-12-18)13-8-14-20-17-9-4-3-5-10-17/h3-5,9-10,16,19H,6-8,11-15H2,1-2H3. The average molecular weight is 275 g/mol. The molecule has 2 heteroatoms. The molecule has 0 aliphatic heterocycles. The molecule has 1 aromatic rings. The zero-order chi connectivity index (χ0) is 14.3. The smallest absolute Gasteiger partial charge is 0.119 e. The molecule has 1 fully saturated rings. The van der Waals surface area contributed by atoms with Crippen molar-refractivity contribution < 1.29 is 4.74 Å². The Morgan fingerprint density at radius 3 is 2.50 bits per heavy atom. The summed E-state index contributed by atoms with van der Waals surface area (Å²) < 4.78 is 5.82. The fourth-order valence-corrected chi connectivity index (χ4v) is 3.21. The van der Waals surface area contributed by atoms with E-state index < -0.39 is 0 Å². The Morgan fingerprint density at radius 1 is 1.15 bits per heavy atom. The Hall–Kier alpha value is -1.02. The number of ether oxygens (including phenoxy) is 1. The fraction of sp³-hybridized carbons (Fsp3) is 0.667. The van der Waals surface area contributed by atoms with Crippen molar-refractivity contribution in [3.05, 3.63) is 30.3 Å². The Kier molecular flexibility index (Phi) is 5.90. The lowest BCUT2D eigenvalue weighted by atomic mass is 9.81. The predicted molar refractivity (Wildman–Crippen MR) is 85.2 cm³/mol. The minimum atomic E-state index is 0.532. The van der Waals surface area contributed by atoms with Gasteiger partial charge in [0.25, 0.3) is 0 Å². The summed E-state index contributed by atoms with van der Waals surface area (Å²) >= 11 is 0. The summed E-state index contributed by atoms with van der Waals surface area (Å²) in [6.07, 6.45) is 8.03. The van der Waals surface area contributed by atoms with Gasteiger partial charge in [-0.15, -0.1) is 0 Å². The number of rotatable bonds is 8. The maximum absolute atomic E-state index is 5.82. The Labute approximate surface area is 123 Å². The van der Waals surface area contributed by atoms with E-state index >= 15 is 0 Å². The van der Waals surface area contributed by atoms with Crippen molar-refractivity contribution in [2.24, 2.45) is 5.41 Å². The molecule has 1 saturated carbocycles. The SMILES string of the molecule is CC(C)NCC1(CCCOc2ccccc2)CCCC1. The molecule has 2 nitrogen and oxygen atoms in total. The van der Waals surface area contributed by atoms with E-state index in [-0.39, 0.29) is 0 Å².